The maximum atomic E-state index is 8.81. The molecule has 0 saturated carbocycles. The second-order valence-corrected chi connectivity index (χ2v) is 6.67. The number of hydrogen-bond acceptors (Lipinski definition) is 1. The van der Waals surface area contributed by atoms with Crippen molar-refractivity contribution in [3.05, 3.63) is 58.7 Å². The van der Waals surface area contributed by atoms with Crippen molar-refractivity contribution in [3.63, 3.8) is 0 Å². The summed E-state index contributed by atoms with van der Waals surface area (Å²) in [5, 5.41) is 8.81. The zero-order valence-corrected chi connectivity index (χ0v) is 14.2. The molecule has 0 saturated heterocycles. The third-order valence-corrected chi connectivity index (χ3v) is 4.19. The normalized spacial score (nSPS) is 20.9. The molecule has 0 atom stereocenters. The Bertz CT molecular complexity index is 496. The van der Waals surface area contributed by atoms with Crippen molar-refractivity contribution in [1.29, 1.82) is 0 Å². The van der Waals surface area contributed by atoms with Gasteiger partial charge in [-0.3, -0.25) is 0 Å². The average molecular weight is 286 g/mol. The lowest BCUT2D eigenvalue weighted by Gasteiger charge is -2.32. The van der Waals surface area contributed by atoms with Crippen LogP contribution in [-0.4, -0.2) is 11.7 Å². The van der Waals surface area contributed by atoms with Crippen molar-refractivity contribution in [1.82, 2.24) is 0 Å². The van der Waals surface area contributed by atoms with E-state index in [4.69, 9.17) is 5.11 Å². The lowest BCUT2D eigenvalue weighted by atomic mass is 9.72. The molecule has 116 valence electrons. The predicted molar refractivity (Wildman–Crippen MR) is 93.2 cm³/mol. The largest absolute Gasteiger partial charge is 0.392 e. The van der Waals surface area contributed by atoms with Crippen LogP contribution in [0.1, 0.15) is 53.9 Å². The molecule has 0 aromatic carbocycles. The van der Waals surface area contributed by atoms with Gasteiger partial charge in [0.25, 0.3) is 0 Å². The Morgan fingerprint density at radius 1 is 1.19 bits per heavy atom. The van der Waals surface area contributed by atoms with Crippen LogP contribution in [0.2, 0.25) is 0 Å². The predicted octanol–water partition coefficient (Wildman–Crippen LogP) is 5.51. The summed E-state index contributed by atoms with van der Waals surface area (Å²) in [6.07, 6.45) is 16.3. The first-order chi connectivity index (χ1) is 9.86. The summed E-state index contributed by atoms with van der Waals surface area (Å²) in [6.45, 7) is 11.2. The quantitative estimate of drug-likeness (QED) is 0.661. The first-order valence-corrected chi connectivity index (χ1v) is 7.87. The molecule has 0 amide bonds. The topological polar surface area (TPSA) is 20.2 Å². The first-order valence-electron chi connectivity index (χ1n) is 7.87. The Morgan fingerprint density at radius 3 is 2.52 bits per heavy atom. The summed E-state index contributed by atoms with van der Waals surface area (Å²) in [5.41, 5.74) is 5.66. The number of rotatable bonds is 5. The minimum atomic E-state index is 0.0985. The zero-order chi connectivity index (χ0) is 15.9. The van der Waals surface area contributed by atoms with Gasteiger partial charge in [0.2, 0.25) is 0 Å². The molecule has 1 nitrogen and oxygen atoms in total. The third kappa shape index (κ3) is 5.89. The summed E-state index contributed by atoms with van der Waals surface area (Å²) in [6, 6.07) is 0. The van der Waals surface area contributed by atoms with E-state index in [2.05, 4.69) is 45.9 Å². The highest BCUT2D eigenvalue weighted by Crippen LogP contribution is 2.40. The third-order valence-electron chi connectivity index (χ3n) is 4.19. The SMILES string of the molecule is CC1=C(\C=C/C(C)=C/C=C\C(C)=C/CO)C(C)(C)CCC1. The number of allylic oxidation sites excluding steroid dienone is 9. The molecule has 0 spiro atoms. The summed E-state index contributed by atoms with van der Waals surface area (Å²) in [4.78, 5) is 0. The van der Waals surface area contributed by atoms with E-state index in [1.807, 2.05) is 19.1 Å². The molecule has 0 bridgehead atoms. The molecule has 0 fully saturated rings. The monoisotopic (exact) mass is 286 g/mol. The lowest BCUT2D eigenvalue weighted by molar-refractivity contribution is 0.342. The van der Waals surface area contributed by atoms with Gasteiger partial charge in [0.05, 0.1) is 6.61 Å². The van der Waals surface area contributed by atoms with Crippen molar-refractivity contribution in [2.24, 2.45) is 5.41 Å². The molecule has 0 aliphatic heterocycles. The zero-order valence-electron chi connectivity index (χ0n) is 14.2. The highest BCUT2D eigenvalue weighted by Gasteiger charge is 2.26. The number of hydrogen-bond donors (Lipinski definition) is 1. The maximum absolute atomic E-state index is 8.81. The molecule has 0 aromatic heterocycles. The Hall–Kier alpha value is -1.34. The molecule has 0 aromatic rings. The Labute approximate surface area is 130 Å². The van der Waals surface area contributed by atoms with E-state index in [-0.39, 0.29) is 6.61 Å². The van der Waals surface area contributed by atoms with E-state index in [9.17, 15) is 0 Å². The van der Waals surface area contributed by atoms with Gasteiger partial charge in [-0.1, -0.05) is 67.0 Å². The standard InChI is InChI=1S/C20H30O/c1-16(8-6-9-17(2)13-15-21)11-12-19-18(3)10-7-14-20(19,4)5/h6,8-9,11-13,21H,7,10,14-15H2,1-5H3/b9-6-,12-11-,16-8+,17-13-. The van der Waals surface area contributed by atoms with E-state index in [0.29, 0.717) is 5.41 Å². The van der Waals surface area contributed by atoms with Gasteiger partial charge in [0, 0.05) is 0 Å². The maximum Gasteiger partial charge on any atom is 0.0617 e. The van der Waals surface area contributed by atoms with E-state index >= 15 is 0 Å². The van der Waals surface area contributed by atoms with Crippen molar-refractivity contribution in [3.8, 4) is 0 Å². The Kier molecular flexibility index (Phi) is 6.91. The summed E-state index contributed by atoms with van der Waals surface area (Å²) >= 11 is 0. The van der Waals surface area contributed by atoms with Crippen molar-refractivity contribution in [2.75, 3.05) is 6.61 Å². The van der Waals surface area contributed by atoms with Crippen LogP contribution in [0.25, 0.3) is 0 Å². The van der Waals surface area contributed by atoms with Crippen LogP contribution in [0, 0.1) is 5.41 Å². The van der Waals surface area contributed by atoms with Crippen molar-refractivity contribution >= 4 is 0 Å². The fourth-order valence-corrected chi connectivity index (χ4v) is 2.84. The van der Waals surface area contributed by atoms with Gasteiger partial charge < -0.3 is 5.11 Å². The molecule has 1 rings (SSSR count). The Morgan fingerprint density at radius 2 is 1.90 bits per heavy atom. The minimum absolute atomic E-state index is 0.0985. The van der Waals surface area contributed by atoms with Crippen LogP contribution in [-0.2, 0) is 0 Å². The average Bonchev–Trinajstić information content (AvgIpc) is 2.37. The smallest absolute Gasteiger partial charge is 0.0617 e. The number of aliphatic hydroxyl groups excluding tert-OH is 1. The molecule has 0 unspecified atom stereocenters. The van der Waals surface area contributed by atoms with Gasteiger partial charge in [-0.25, -0.2) is 0 Å². The lowest BCUT2D eigenvalue weighted by Crippen LogP contribution is -2.19. The van der Waals surface area contributed by atoms with E-state index < -0.39 is 0 Å². The van der Waals surface area contributed by atoms with E-state index in [1.165, 1.54) is 36.0 Å². The molecular formula is C20H30O. The van der Waals surface area contributed by atoms with Gasteiger partial charge in [0.1, 0.15) is 0 Å². The fourth-order valence-electron chi connectivity index (χ4n) is 2.84. The molecule has 1 N–H and O–H groups in total. The summed E-state index contributed by atoms with van der Waals surface area (Å²) in [7, 11) is 0. The van der Waals surface area contributed by atoms with Crippen LogP contribution in [0.4, 0.5) is 0 Å². The minimum Gasteiger partial charge on any atom is -0.392 e. The van der Waals surface area contributed by atoms with Gasteiger partial charge in [-0.2, -0.15) is 0 Å². The first kappa shape index (κ1) is 17.7. The second-order valence-electron chi connectivity index (χ2n) is 6.67. The summed E-state index contributed by atoms with van der Waals surface area (Å²) < 4.78 is 0. The molecular weight excluding hydrogens is 256 g/mol. The van der Waals surface area contributed by atoms with Crippen molar-refractivity contribution in [2.45, 2.75) is 53.9 Å². The number of aliphatic hydroxyl groups is 1. The summed E-state index contributed by atoms with van der Waals surface area (Å²) in [5.74, 6) is 0. The molecule has 1 heteroatoms. The van der Waals surface area contributed by atoms with Crippen molar-refractivity contribution < 1.29 is 5.11 Å². The second kappa shape index (κ2) is 8.19. The van der Waals surface area contributed by atoms with Gasteiger partial charge in [-0.15, -0.1) is 0 Å². The van der Waals surface area contributed by atoms with Gasteiger partial charge >= 0.3 is 0 Å². The van der Waals surface area contributed by atoms with Crippen LogP contribution >= 0.6 is 0 Å². The van der Waals surface area contributed by atoms with E-state index in [1.54, 1.807) is 6.08 Å². The highest BCUT2D eigenvalue weighted by molar-refractivity contribution is 5.37. The van der Waals surface area contributed by atoms with Crippen LogP contribution in [0.15, 0.2) is 58.7 Å². The Balaban J connectivity index is 2.78. The molecule has 21 heavy (non-hydrogen) atoms. The molecule has 1 aliphatic carbocycles. The van der Waals surface area contributed by atoms with E-state index in [0.717, 1.165) is 5.57 Å². The highest BCUT2D eigenvalue weighted by atomic mass is 16.2. The van der Waals surface area contributed by atoms with Crippen LogP contribution < -0.4 is 0 Å². The van der Waals surface area contributed by atoms with Crippen LogP contribution in [0.3, 0.4) is 0 Å². The molecule has 0 radical (unpaired) electrons. The fraction of sp³-hybridized carbons (Fsp3) is 0.500. The van der Waals surface area contributed by atoms with Crippen LogP contribution in [0.5, 0.6) is 0 Å². The van der Waals surface area contributed by atoms with Gasteiger partial charge in [0.15, 0.2) is 0 Å². The molecule has 0 heterocycles. The molecule has 1 aliphatic rings. The van der Waals surface area contributed by atoms with Gasteiger partial charge in [-0.05, 0) is 51.0 Å².